The molecule has 1 amide bonds. The first-order chi connectivity index (χ1) is 14.8. The average Bonchev–Trinajstić information content (AvgIpc) is 3.33. The van der Waals surface area contributed by atoms with Crippen molar-refractivity contribution >= 4 is 40.3 Å². The summed E-state index contributed by atoms with van der Waals surface area (Å²) in [6.07, 6.45) is 2.16. The number of amides is 1. The third-order valence-electron chi connectivity index (χ3n) is 5.10. The maximum Gasteiger partial charge on any atom is 0.255 e. The van der Waals surface area contributed by atoms with Crippen LogP contribution in [0.1, 0.15) is 33.9 Å². The van der Waals surface area contributed by atoms with Gasteiger partial charge in [0.05, 0.1) is 11.1 Å². The minimum absolute atomic E-state index is 0.139. The molecule has 1 aliphatic rings. The van der Waals surface area contributed by atoms with Crippen LogP contribution >= 0.6 is 11.6 Å². The lowest BCUT2D eigenvalue weighted by atomic mass is 10.0. The van der Waals surface area contributed by atoms with Gasteiger partial charge in [0.15, 0.2) is 5.82 Å². The van der Waals surface area contributed by atoms with E-state index in [-0.39, 0.29) is 34.1 Å². The summed E-state index contributed by atoms with van der Waals surface area (Å²) in [5.41, 5.74) is 1.04. The Bertz CT molecular complexity index is 1200. The monoisotopic (exact) mass is 465 g/mol. The molecule has 0 saturated carbocycles. The van der Waals surface area contributed by atoms with Crippen LogP contribution in [0, 0.1) is 11.6 Å². The van der Waals surface area contributed by atoms with Crippen molar-refractivity contribution in [3.8, 4) is 0 Å². The molecule has 11 heteroatoms. The molecular formula is C20H16ClF2N4O3S-. The normalized spacial score (nSPS) is 16.1. The summed E-state index contributed by atoms with van der Waals surface area (Å²) in [6, 6.07) is 6.90. The van der Waals surface area contributed by atoms with E-state index < -0.39 is 34.8 Å². The van der Waals surface area contributed by atoms with Crippen molar-refractivity contribution in [2.75, 3.05) is 9.62 Å². The predicted molar refractivity (Wildman–Crippen MR) is 111 cm³/mol. The van der Waals surface area contributed by atoms with Crippen molar-refractivity contribution in [3.63, 3.8) is 0 Å². The fraction of sp³-hybridized carbons (Fsp3) is 0.200. The number of halogens is 3. The molecule has 0 aliphatic heterocycles. The Morgan fingerprint density at radius 3 is 2.68 bits per heavy atom. The quantitative estimate of drug-likeness (QED) is 0.579. The van der Waals surface area contributed by atoms with Gasteiger partial charge in [-0.15, -0.1) is 0 Å². The van der Waals surface area contributed by atoms with E-state index in [0.29, 0.717) is 12.0 Å². The highest BCUT2D eigenvalue weighted by Crippen LogP contribution is 2.41. The third-order valence-corrected chi connectivity index (χ3v) is 6.15. The summed E-state index contributed by atoms with van der Waals surface area (Å²) < 4.78 is 54.6. The smallest absolute Gasteiger partial charge is 0.255 e. The number of nitrogens with one attached hydrogen (secondary N) is 1. The first-order valence-electron chi connectivity index (χ1n) is 9.22. The highest BCUT2D eigenvalue weighted by atomic mass is 35.5. The second-order valence-electron chi connectivity index (χ2n) is 7.02. The molecule has 0 saturated heterocycles. The SMILES string of the molecule is Cn1ccc(N([C@H]2CCc3c(C(=O)Nc4ccc(F)c(Cl)c4)ccc(F)c32)S(=O)[O-])n1. The van der Waals surface area contributed by atoms with Crippen molar-refractivity contribution in [2.24, 2.45) is 7.05 Å². The molecule has 1 heterocycles. The summed E-state index contributed by atoms with van der Waals surface area (Å²) in [7, 11) is 1.64. The summed E-state index contributed by atoms with van der Waals surface area (Å²) in [5, 5.41) is 6.58. The molecule has 2 aromatic carbocycles. The number of aryl methyl sites for hydroxylation is 1. The number of anilines is 2. The van der Waals surface area contributed by atoms with Crippen molar-refractivity contribution in [2.45, 2.75) is 18.9 Å². The molecule has 2 atom stereocenters. The molecule has 7 nitrogen and oxygen atoms in total. The van der Waals surface area contributed by atoms with Gasteiger partial charge in [0.1, 0.15) is 11.6 Å². The van der Waals surface area contributed by atoms with Gasteiger partial charge in [-0.05, 0) is 48.7 Å². The summed E-state index contributed by atoms with van der Waals surface area (Å²) in [5.74, 6) is -1.60. The fourth-order valence-electron chi connectivity index (χ4n) is 3.77. The molecule has 1 unspecified atom stereocenters. The van der Waals surface area contributed by atoms with Crippen LogP contribution in [0.25, 0.3) is 0 Å². The molecule has 1 N–H and O–H groups in total. The summed E-state index contributed by atoms with van der Waals surface area (Å²) in [6.45, 7) is 0. The zero-order valence-corrected chi connectivity index (χ0v) is 17.7. The lowest BCUT2D eigenvalue weighted by Crippen LogP contribution is -2.30. The largest absolute Gasteiger partial charge is 0.755 e. The van der Waals surface area contributed by atoms with Gasteiger partial charge < -0.3 is 9.87 Å². The lowest BCUT2D eigenvalue weighted by molar-refractivity contribution is 0.102. The minimum atomic E-state index is -2.71. The molecule has 1 aliphatic carbocycles. The average molecular weight is 466 g/mol. The van der Waals surface area contributed by atoms with Gasteiger partial charge in [0, 0.05) is 47.4 Å². The maximum atomic E-state index is 14.8. The number of hydrogen-bond donors (Lipinski definition) is 1. The van der Waals surface area contributed by atoms with Crippen LogP contribution in [0.15, 0.2) is 42.6 Å². The Hall–Kier alpha value is -2.82. The van der Waals surface area contributed by atoms with Gasteiger partial charge in [-0.1, -0.05) is 11.6 Å². The van der Waals surface area contributed by atoms with Gasteiger partial charge in [0.25, 0.3) is 5.91 Å². The van der Waals surface area contributed by atoms with Crippen LogP contribution in [0.5, 0.6) is 0 Å². The summed E-state index contributed by atoms with van der Waals surface area (Å²) in [4.78, 5) is 12.8. The molecule has 31 heavy (non-hydrogen) atoms. The van der Waals surface area contributed by atoms with Gasteiger partial charge in [-0.2, -0.15) is 5.10 Å². The lowest BCUT2D eigenvalue weighted by Gasteiger charge is -2.31. The van der Waals surface area contributed by atoms with Crippen LogP contribution < -0.4 is 9.62 Å². The molecule has 3 aromatic rings. The Morgan fingerprint density at radius 2 is 2.03 bits per heavy atom. The molecule has 0 fully saturated rings. The number of benzene rings is 2. The van der Waals surface area contributed by atoms with Gasteiger partial charge >= 0.3 is 0 Å². The summed E-state index contributed by atoms with van der Waals surface area (Å²) >= 11 is 3.04. The van der Waals surface area contributed by atoms with Crippen molar-refractivity contribution < 1.29 is 22.3 Å². The van der Waals surface area contributed by atoms with E-state index >= 15 is 0 Å². The number of carbonyl (C=O) groups is 1. The number of carbonyl (C=O) groups excluding carboxylic acids is 1. The molecule has 1 aromatic heterocycles. The minimum Gasteiger partial charge on any atom is -0.755 e. The van der Waals surface area contributed by atoms with E-state index in [4.69, 9.17) is 11.6 Å². The molecule has 0 radical (unpaired) electrons. The van der Waals surface area contributed by atoms with Crippen LogP contribution in [0.4, 0.5) is 20.3 Å². The number of hydrogen-bond acceptors (Lipinski definition) is 4. The molecule has 0 bridgehead atoms. The molecular weight excluding hydrogens is 450 g/mol. The van der Waals surface area contributed by atoms with Crippen molar-refractivity contribution in [1.82, 2.24) is 9.78 Å². The van der Waals surface area contributed by atoms with Gasteiger partial charge in [-0.25, -0.2) is 8.78 Å². The Balaban J connectivity index is 1.70. The van der Waals surface area contributed by atoms with Crippen LogP contribution in [0.2, 0.25) is 5.02 Å². The zero-order chi connectivity index (χ0) is 22.3. The molecule has 0 spiro atoms. The zero-order valence-electron chi connectivity index (χ0n) is 16.1. The second kappa shape index (κ2) is 8.37. The molecule has 4 rings (SSSR count). The van der Waals surface area contributed by atoms with Crippen LogP contribution in [-0.2, 0) is 24.7 Å². The number of rotatable bonds is 5. The van der Waals surface area contributed by atoms with E-state index in [1.54, 1.807) is 13.2 Å². The number of fused-ring (bicyclic) bond motifs is 1. The van der Waals surface area contributed by atoms with Crippen LogP contribution in [0.3, 0.4) is 0 Å². The second-order valence-corrected chi connectivity index (χ2v) is 8.25. The van der Waals surface area contributed by atoms with E-state index in [0.717, 1.165) is 16.4 Å². The Kier molecular flexibility index (Phi) is 5.78. The van der Waals surface area contributed by atoms with E-state index in [1.807, 2.05) is 0 Å². The van der Waals surface area contributed by atoms with Crippen molar-refractivity contribution in [1.29, 1.82) is 0 Å². The van der Waals surface area contributed by atoms with E-state index in [9.17, 15) is 22.3 Å². The van der Waals surface area contributed by atoms with Crippen molar-refractivity contribution in [3.05, 3.63) is 75.9 Å². The third kappa shape index (κ3) is 4.06. The topological polar surface area (TPSA) is 90.3 Å². The molecule has 162 valence electrons. The predicted octanol–water partition coefficient (Wildman–Crippen LogP) is 3.89. The first kappa shape index (κ1) is 21.4. The van der Waals surface area contributed by atoms with Crippen LogP contribution in [-0.4, -0.2) is 24.4 Å². The highest BCUT2D eigenvalue weighted by molar-refractivity contribution is 7.80. The van der Waals surface area contributed by atoms with E-state index in [1.165, 1.54) is 28.9 Å². The highest BCUT2D eigenvalue weighted by Gasteiger charge is 2.35. The Morgan fingerprint density at radius 1 is 1.29 bits per heavy atom. The van der Waals surface area contributed by atoms with Gasteiger partial charge in [0.2, 0.25) is 0 Å². The number of aromatic nitrogens is 2. The van der Waals surface area contributed by atoms with E-state index in [2.05, 4.69) is 10.4 Å². The van der Waals surface area contributed by atoms with Gasteiger partial charge in [-0.3, -0.25) is 18.0 Å². The maximum absolute atomic E-state index is 14.8. The Labute approximate surface area is 184 Å². The fourth-order valence-corrected chi connectivity index (χ4v) is 4.62. The first-order valence-corrected chi connectivity index (χ1v) is 10.6. The standard InChI is InChI=1S/C20H17ClF2N4O3S/c1-26-9-8-18(25-26)27(31(29)30)17-7-4-12-13(3-6-16(23)19(12)17)20(28)24-11-2-5-15(22)14(21)10-11/h2-3,5-6,8-10,17H,4,7H2,1H3,(H,24,28)(H,29,30)/p-1/t17-/m0/s1. The number of nitrogens with zero attached hydrogens (tertiary/aromatic N) is 3.